The van der Waals surface area contributed by atoms with Gasteiger partial charge in [0.25, 0.3) is 0 Å². The Balaban J connectivity index is 1.18. The number of nitrogens with one attached hydrogen (secondary N) is 2. The molecular weight excluding hydrogens is 1040 g/mol. The highest BCUT2D eigenvalue weighted by Crippen LogP contribution is 2.41. The minimum atomic E-state index is -2.08. The van der Waals surface area contributed by atoms with E-state index >= 15 is 0 Å². The Morgan fingerprint density at radius 3 is 2.27 bits per heavy atom. The van der Waals surface area contributed by atoms with Gasteiger partial charge in [-0.05, 0) is 113 Å². The first-order valence-corrected chi connectivity index (χ1v) is 27.8. The van der Waals surface area contributed by atoms with Crippen LogP contribution in [0.1, 0.15) is 124 Å². The highest BCUT2D eigenvalue weighted by Gasteiger charge is 2.54. The third-order valence-corrected chi connectivity index (χ3v) is 16.8. The Hall–Kier alpha value is -3.59. The second kappa shape index (κ2) is 26.1. The highest BCUT2D eigenvalue weighted by atomic mass is 35.5. The predicted octanol–water partition coefficient (Wildman–Crippen LogP) is 3.47. The monoisotopic (exact) mass is 1130 g/mol. The lowest BCUT2D eigenvalue weighted by Crippen LogP contribution is -2.65. The molecule has 0 radical (unpaired) electrons. The van der Waals surface area contributed by atoms with Gasteiger partial charge in [-0.25, -0.2) is 4.79 Å². The fraction of sp³-hybridized carbons (Fsp3) is 0.782. The molecule has 6 rings (SSSR count). The van der Waals surface area contributed by atoms with Crippen LogP contribution in [0.5, 0.6) is 0 Å². The molecule has 18 atom stereocenters. The number of aromatic carboxylic acids is 1. The van der Waals surface area contributed by atoms with E-state index < -0.39 is 113 Å². The number of rotatable bonds is 17. The van der Waals surface area contributed by atoms with Crippen molar-refractivity contribution in [2.75, 3.05) is 59.9 Å². The maximum Gasteiger partial charge on any atom is 0.341 e. The van der Waals surface area contributed by atoms with Gasteiger partial charge in [-0.1, -0.05) is 32.4 Å². The number of ether oxygens (including phenoxy) is 7. The number of carbonyl (C=O) groups is 3. The molecule has 1 aromatic heterocycles. The summed E-state index contributed by atoms with van der Waals surface area (Å²) in [5, 5.41) is 76.4. The number of carboxylic acid groups (broad SMARTS) is 1. The fourth-order valence-electron chi connectivity index (χ4n) is 11.8. The lowest BCUT2D eigenvalue weighted by Gasteiger charge is -2.49. The SMILES string of the molecule is CC[C@H]1OC(=O)[C@H](C)[C@@H](O[C@H]2C[C@@](O)(OC)[C@@H](NC(=O)CCOCCNc3cc4c(=O)c(C(=O)O)cn(C5CC5)c4cc3Cl)[C@H](C)O2)[C@H](C)[C@@H](O[C@@H]2O[C@H](C)C[C@H](N(C)C)[C@H]2O)[C@](C)(O)C[C@@H](C)CN(C)[C@H](C)[C@@H](O)[C@]1(C)O. The van der Waals surface area contributed by atoms with Crippen LogP contribution in [0.4, 0.5) is 5.69 Å². The Kier molecular flexibility index (Phi) is 21.3. The molecule has 4 aliphatic rings. The number of cyclic esters (lactones) is 1. The Labute approximate surface area is 462 Å². The molecule has 3 aliphatic heterocycles. The summed E-state index contributed by atoms with van der Waals surface area (Å²) < 4.78 is 45.5. The number of fused-ring (bicyclic) bond motifs is 1. The minimum Gasteiger partial charge on any atom is -0.477 e. The number of pyridine rings is 1. The van der Waals surface area contributed by atoms with Gasteiger partial charge in [0.2, 0.25) is 11.3 Å². The van der Waals surface area contributed by atoms with E-state index in [1.165, 1.54) is 26.3 Å². The minimum absolute atomic E-state index is 0.0217. The molecular formula is C55H88ClN5O17. The number of amides is 1. The molecule has 1 saturated carbocycles. The molecule has 0 spiro atoms. The van der Waals surface area contributed by atoms with Crippen LogP contribution >= 0.6 is 11.6 Å². The predicted molar refractivity (Wildman–Crippen MR) is 289 cm³/mol. The van der Waals surface area contributed by atoms with Gasteiger partial charge < -0.3 is 88.8 Å². The molecule has 3 saturated heterocycles. The zero-order valence-electron chi connectivity index (χ0n) is 47.6. The second-order valence-electron chi connectivity index (χ2n) is 23.3. The van der Waals surface area contributed by atoms with Crippen molar-refractivity contribution in [1.82, 2.24) is 19.7 Å². The Morgan fingerprint density at radius 1 is 0.974 bits per heavy atom. The van der Waals surface area contributed by atoms with Crippen LogP contribution in [-0.4, -0.2) is 208 Å². The van der Waals surface area contributed by atoms with Gasteiger partial charge >= 0.3 is 11.9 Å². The number of aliphatic hydroxyl groups is 5. The van der Waals surface area contributed by atoms with Crippen molar-refractivity contribution in [2.24, 2.45) is 17.8 Å². The maximum atomic E-state index is 14.6. The molecule has 4 heterocycles. The van der Waals surface area contributed by atoms with Gasteiger partial charge in [0, 0.05) is 62.2 Å². The molecule has 0 unspecified atom stereocenters. The van der Waals surface area contributed by atoms with E-state index in [-0.39, 0.29) is 80.5 Å². The van der Waals surface area contributed by atoms with Crippen LogP contribution in [0.15, 0.2) is 23.1 Å². The van der Waals surface area contributed by atoms with Crippen molar-refractivity contribution in [3.8, 4) is 0 Å². The third-order valence-electron chi connectivity index (χ3n) is 16.5. The van der Waals surface area contributed by atoms with E-state index in [4.69, 9.17) is 44.8 Å². The first-order valence-electron chi connectivity index (χ1n) is 27.5. The topological polar surface area (TPSA) is 290 Å². The largest absolute Gasteiger partial charge is 0.477 e. The number of aliphatic hydroxyl groups excluding tert-OH is 2. The fourth-order valence-corrected chi connectivity index (χ4v) is 12.1. The number of benzene rings is 1. The van der Waals surface area contributed by atoms with Crippen LogP contribution in [0, 0.1) is 17.8 Å². The molecule has 78 heavy (non-hydrogen) atoms. The van der Waals surface area contributed by atoms with Crippen molar-refractivity contribution >= 4 is 46.0 Å². The number of anilines is 1. The molecule has 0 bridgehead atoms. The lowest BCUT2D eigenvalue weighted by molar-refractivity contribution is -0.335. The van der Waals surface area contributed by atoms with E-state index in [1.807, 2.05) is 37.7 Å². The molecule has 1 amide bonds. The number of carboxylic acids is 1. The van der Waals surface area contributed by atoms with Crippen LogP contribution in [0.25, 0.3) is 10.9 Å². The number of likely N-dealkylation sites (N-methyl/N-ethyl adjacent to an activating group) is 2. The number of esters is 1. The standard InChI is InChI=1S/C55H88ClN5O17/c1-14-41-54(9,70)48(65)32(6)60(12)26-28(2)24-53(8,69)49(78-52-45(64)40(59(10)11)21-29(3)74-52)30(4)46(31(5)51(68)76-41)77-43-25-55(71,72-13)47(33(7)75-43)58-42(62)17-19-73-20-18-57-38-22-35-39(23-37(38)56)61(34-15-16-34)27-36(44(35)63)50(66)67/h22-23,27-34,40-41,43,45-49,52,57,64-65,69-71H,14-21,24-26H2,1-13H3,(H,58,62)(H,66,67)/t28-,29-,30+,31-,32-,33+,40+,41-,43+,45-,46+,47+,48-,49-,52+,53-,54-,55-/m1/s1. The van der Waals surface area contributed by atoms with Crippen molar-refractivity contribution in [2.45, 2.75) is 204 Å². The normalized spacial score (nSPS) is 37.8. The second-order valence-corrected chi connectivity index (χ2v) is 23.7. The molecule has 1 aliphatic carbocycles. The first-order chi connectivity index (χ1) is 36.5. The van der Waals surface area contributed by atoms with Crippen molar-refractivity contribution in [3.05, 3.63) is 39.1 Å². The Morgan fingerprint density at radius 2 is 1.65 bits per heavy atom. The number of nitrogens with zero attached hydrogens (tertiary/aromatic N) is 3. The summed E-state index contributed by atoms with van der Waals surface area (Å²) in [6.07, 6.45) is -6.49. The number of methoxy groups -OCH3 is 1. The summed E-state index contributed by atoms with van der Waals surface area (Å²) in [7, 11) is 6.78. The number of hydrogen-bond acceptors (Lipinski definition) is 19. The number of carbonyl (C=O) groups excluding carboxylic acids is 2. The smallest absolute Gasteiger partial charge is 0.341 e. The van der Waals surface area contributed by atoms with Crippen molar-refractivity contribution in [3.63, 3.8) is 0 Å². The van der Waals surface area contributed by atoms with Crippen LogP contribution < -0.4 is 16.1 Å². The highest BCUT2D eigenvalue weighted by molar-refractivity contribution is 6.34. The zero-order valence-corrected chi connectivity index (χ0v) is 48.4. The van der Waals surface area contributed by atoms with E-state index in [0.717, 1.165) is 12.8 Å². The summed E-state index contributed by atoms with van der Waals surface area (Å²) in [4.78, 5) is 56.8. The van der Waals surface area contributed by atoms with Gasteiger partial charge in [-0.3, -0.25) is 14.4 Å². The summed E-state index contributed by atoms with van der Waals surface area (Å²) in [5.74, 6) is -7.02. The van der Waals surface area contributed by atoms with Gasteiger partial charge in [-0.2, -0.15) is 0 Å². The summed E-state index contributed by atoms with van der Waals surface area (Å²) >= 11 is 6.61. The molecule has 442 valence electrons. The third kappa shape index (κ3) is 14.5. The van der Waals surface area contributed by atoms with Gasteiger partial charge in [0.15, 0.2) is 18.4 Å². The van der Waals surface area contributed by atoms with Crippen LogP contribution in [0.3, 0.4) is 0 Å². The molecule has 2 aromatic rings. The molecule has 8 N–H and O–H groups in total. The maximum absolute atomic E-state index is 14.6. The van der Waals surface area contributed by atoms with Crippen molar-refractivity contribution < 1.29 is 78.2 Å². The van der Waals surface area contributed by atoms with E-state index in [1.54, 1.807) is 59.2 Å². The Bertz CT molecular complexity index is 2440. The quantitative estimate of drug-likeness (QED) is 0.0639. The zero-order chi connectivity index (χ0) is 57.9. The van der Waals surface area contributed by atoms with Gasteiger partial charge in [0.05, 0.1) is 71.8 Å². The average Bonchev–Trinajstić information content (AvgIpc) is 4.28. The van der Waals surface area contributed by atoms with Gasteiger partial charge in [0.1, 0.15) is 35.5 Å². The van der Waals surface area contributed by atoms with Crippen molar-refractivity contribution in [1.29, 1.82) is 0 Å². The lowest BCUT2D eigenvalue weighted by atomic mass is 9.77. The summed E-state index contributed by atoms with van der Waals surface area (Å²) in [6, 6.07) is 1.18. The molecule has 1 aromatic carbocycles. The van der Waals surface area contributed by atoms with Crippen LogP contribution in [0.2, 0.25) is 5.02 Å². The van der Waals surface area contributed by atoms with E-state index in [9.17, 15) is 49.8 Å². The average molecular weight is 1130 g/mol. The number of aromatic nitrogens is 1. The molecule has 22 nitrogen and oxygen atoms in total. The van der Waals surface area contributed by atoms with Gasteiger partial charge in [-0.15, -0.1) is 0 Å². The summed E-state index contributed by atoms with van der Waals surface area (Å²) in [6.45, 7) is 16.0. The number of halogens is 1. The molecule has 4 fully saturated rings. The van der Waals surface area contributed by atoms with E-state index in [2.05, 4.69) is 10.6 Å². The summed E-state index contributed by atoms with van der Waals surface area (Å²) in [5.41, 5.74) is -3.56. The molecule has 23 heteroatoms. The number of hydrogen-bond donors (Lipinski definition) is 8. The van der Waals surface area contributed by atoms with E-state index in [0.29, 0.717) is 29.2 Å². The van der Waals surface area contributed by atoms with Crippen LogP contribution in [-0.2, 0) is 42.7 Å². The first kappa shape index (κ1) is 63.6.